The van der Waals surface area contributed by atoms with Crippen molar-refractivity contribution in [1.29, 1.82) is 0 Å². The van der Waals surface area contributed by atoms with Crippen molar-refractivity contribution < 1.29 is 14.3 Å². The monoisotopic (exact) mass is 764 g/mol. The first kappa shape index (κ1) is 26.5. The van der Waals surface area contributed by atoms with Gasteiger partial charge in [0.25, 0.3) is 11.5 Å². The summed E-state index contributed by atoms with van der Waals surface area (Å²) >= 11 is 7.80. The Hall–Kier alpha value is -1.58. The molecule has 1 aromatic heterocycles. The third kappa shape index (κ3) is 6.41. The molecule has 1 aliphatic heterocycles. The van der Waals surface area contributed by atoms with Gasteiger partial charge in [-0.15, -0.1) is 0 Å². The molecule has 0 atom stereocenters. The molecule has 0 N–H and O–H groups in total. The molecule has 1 saturated heterocycles. The lowest BCUT2D eigenvalue weighted by Gasteiger charge is -2.26. The van der Waals surface area contributed by atoms with Crippen molar-refractivity contribution in [2.75, 3.05) is 32.9 Å². The Bertz CT molecular complexity index is 1320. The minimum atomic E-state index is -0.207. The number of hydrogen-bond acceptors (Lipinski definition) is 6. The van der Waals surface area contributed by atoms with Gasteiger partial charge in [-0.3, -0.25) is 9.59 Å². The van der Waals surface area contributed by atoms with Gasteiger partial charge in [0.05, 0.1) is 37.5 Å². The molecule has 3 aromatic rings. The summed E-state index contributed by atoms with van der Waals surface area (Å²) in [5.74, 6) is 1.23. The molecule has 0 spiro atoms. The van der Waals surface area contributed by atoms with Crippen LogP contribution in [0.4, 0.5) is 0 Å². The van der Waals surface area contributed by atoms with Gasteiger partial charge in [0.2, 0.25) is 0 Å². The fourth-order valence-electron chi connectivity index (χ4n) is 3.65. The van der Waals surface area contributed by atoms with Crippen LogP contribution in [0.2, 0.25) is 0 Å². The van der Waals surface area contributed by atoms with Gasteiger partial charge >= 0.3 is 0 Å². The summed E-state index contributed by atoms with van der Waals surface area (Å²) in [6, 6.07) is 9.30. The molecule has 0 bridgehead atoms. The summed E-state index contributed by atoms with van der Waals surface area (Å²) in [5, 5.41) is 5.01. The number of hydrogen-bond donors (Lipinski definition) is 0. The fraction of sp³-hybridized carbons (Fsp3) is 0.333. The van der Waals surface area contributed by atoms with Gasteiger partial charge in [0.15, 0.2) is 6.61 Å². The van der Waals surface area contributed by atoms with E-state index >= 15 is 0 Å². The van der Waals surface area contributed by atoms with E-state index < -0.39 is 0 Å². The van der Waals surface area contributed by atoms with Crippen LogP contribution in [0.5, 0.6) is 5.75 Å². The van der Waals surface area contributed by atoms with Gasteiger partial charge in [-0.05, 0) is 87.5 Å². The maximum absolute atomic E-state index is 13.2. The zero-order valence-electron chi connectivity index (χ0n) is 19.0. The number of ether oxygens (including phenoxy) is 2. The quantitative estimate of drug-likeness (QED) is 0.263. The number of rotatable bonds is 7. The summed E-state index contributed by atoms with van der Waals surface area (Å²) < 4.78 is 15.1. The number of aryl methyl sites for hydroxylation is 1. The highest BCUT2D eigenvalue weighted by atomic mass is 127. The van der Waals surface area contributed by atoms with Crippen LogP contribution in [0, 0.1) is 7.14 Å². The standard InChI is InChI=1S/C24H23BrI2N4O4/c1-2-3-21-29-20-5-4-16(25)12-17(20)24(33)31(21)28-13-15-10-18(26)23(19(27)11-15)35-14-22(32)30-6-8-34-9-7-30/h4-5,10-13H,2-3,6-9,14H2,1H3. The van der Waals surface area contributed by atoms with Gasteiger partial charge in [0.1, 0.15) is 11.6 Å². The largest absolute Gasteiger partial charge is 0.482 e. The van der Waals surface area contributed by atoms with Gasteiger partial charge in [0, 0.05) is 24.0 Å². The molecule has 2 aromatic carbocycles. The van der Waals surface area contributed by atoms with Crippen molar-refractivity contribution in [1.82, 2.24) is 14.6 Å². The lowest BCUT2D eigenvalue weighted by molar-refractivity contribution is -0.137. The Kier molecular flexibility index (Phi) is 9.16. The molecule has 0 radical (unpaired) electrons. The highest BCUT2D eigenvalue weighted by molar-refractivity contribution is 14.1. The minimum absolute atomic E-state index is 0.0203. The number of fused-ring (bicyclic) bond motifs is 1. The maximum Gasteiger partial charge on any atom is 0.282 e. The predicted octanol–water partition coefficient (Wildman–Crippen LogP) is 4.44. The van der Waals surface area contributed by atoms with E-state index in [9.17, 15) is 9.59 Å². The van der Waals surface area contributed by atoms with E-state index in [1.165, 1.54) is 4.68 Å². The van der Waals surface area contributed by atoms with Crippen LogP contribution in [0.15, 0.2) is 44.7 Å². The van der Waals surface area contributed by atoms with E-state index in [4.69, 9.17) is 9.47 Å². The number of nitrogens with zero attached hydrogens (tertiary/aromatic N) is 4. The van der Waals surface area contributed by atoms with Crippen LogP contribution in [0.25, 0.3) is 10.9 Å². The highest BCUT2D eigenvalue weighted by Gasteiger charge is 2.18. The number of benzene rings is 2. The van der Waals surface area contributed by atoms with E-state index in [1.54, 1.807) is 17.2 Å². The molecule has 0 aliphatic carbocycles. The Morgan fingerprint density at radius 2 is 1.94 bits per heavy atom. The zero-order chi connectivity index (χ0) is 24.9. The topological polar surface area (TPSA) is 86.0 Å². The number of morpholine rings is 1. The third-order valence-corrected chi connectivity index (χ3v) is 7.49. The van der Waals surface area contributed by atoms with Gasteiger partial charge < -0.3 is 14.4 Å². The van der Waals surface area contributed by atoms with E-state index in [-0.39, 0.29) is 18.1 Å². The van der Waals surface area contributed by atoms with E-state index in [0.717, 1.165) is 23.6 Å². The van der Waals surface area contributed by atoms with E-state index in [0.29, 0.717) is 55.2 Å². The van der Waals surface area contributed by atoms with Crippen molar-refractivity contribution in [3.63, 3.8) is 0 Å². The molecule has 4 rings (SSSR count). The number of carbonyl (C=O) groups is 1. The molecule has 35 heavy (non-hydrogen) atoms. The highest BCUT2D eigenvalue weighted by Crippen LogP contribution is 2.28. The van der Waals surface area contributed by atoms with Crippen LogP contribution in [0.3, 0.4) is 0 Å². The van der Waals surface area contributed by atoms with Crippen LogP contribution >= 0.6 is 61.1 Å². The summed E-state index contributed by atoms with van der Waals surface area (Å²) in [6.45, 7) is 4.31. The fourth-order valence-corrected chi connectivity index (χ4v) is 6.14. The second kappa shape index (κ2) is 12.1. The van der Waals surface area contributed by atoms with Gasteiger partial charge in [-0.2, -0.15) is 9.78 Å². The van der Waals surface area contributed by atoms with Crippen LogP contribution in [0.1, 0.15) is 24.7 Å². The van der Waals surface area contributed by atoms with E-state index in [2.05, 4.69) is 71.2 Å². The second-order valence-electron chi connectivity index (χ2n) is 7.90. The SMILES string of the molecule is CCCc1nc2ccc(Br)cc2c(=O)n1N=Cc1cc(I)c(OCC(=O)N2CCOCC2)c(I)c1. The van der Waals surface area contributed by atoms with Crippen molar-refractivity contribution in [3.8, 4) is 5.75 Å². The molecule has 1 aliphatic rings. The average molecular weight is 765 g/mol. The van der Waals surface area contributed by atoms with Gasteiger partial charge in [-0.1, -0.05) is 22.9 Å². The number of carbonyl (C=O) groups excluding carboxylic acids is 1. The average Bonchev–Trinajstić information content (AvgIpc) is 2.84. The molecular formula is C24H23BrI2N4O4. The Balaban J connectivity index is 1.57. The number of amides is 1. The Labute approximate surface area is 238 Å². The third-order valence-electron chi connectivity index (χ3n) is 5.40. The molecular weight excluding hydrogens is 742 g/mol. The van der Waals surface area contributed by atoms with Gasteiger partial charge in [-0.25, -0.2) is 4.98 Å². The first-order valence-corrected chi connectivity index (χ1v) is 14.1. The lowest BCUT2D eigenvalue weighted by Crippen LogP contribution is -2.43. The molecule has 0 unspecified atom stereocenters. The molecule has 1 amide bonds. The molecule has 11 heteroatoms. The molecule has 1 fully saturated rings. The summed E-state index contributed by atoms with van der Waals surface area (Å²) in [6.07, 6.45) is 3.13. The minimum Gasteiger partial charge on any atom is -0.482 e. The van der Waals surface area contributed by atoms with Crippen molar-refractivity contribution >= 4 is 84.1 Å². The number of halogens is 3. The van der Waals surface area contributed by atoms with Crippen LogP contribution in [-0.4, -0.2) is 59.6 Å². The first-order valence-electron chi connectivity index (χ1n) is 11.1. The zero-order valence-corrected chi connectivity index (χ0v) is 24.9. The first-order chi connectivity index (χ1) is 16.9. The Morgan fingerprint density at radius 3 is 2.63 bits per heavy atom. The van der Waals surface area contributed by atoms with E-state index in [1.807, 2.05) is 31.2 Å². The summed E-state index contributed by atoms with van der Waals surface area (Å²) in [5.41, 5.74) is 1.27. The van der Waals surface area contributed by atoms with Crippen molar-refractivity contribution in [2.24, 2.45) is 5.10 Å². The second-order valence-corrected chi connectivity index (χ2v) is 11.1. The van der Waals surface area contributed by atoms with Crippen molar-refractivity contribution in [2.45, 2.75) is 19.8 Å². The normalized spacial score (nSPS) is 14.1. The molecule has 0 saturated carbocycles. The van der Waals surface area contributed by atoms with Crippen LogP contribution in [-0.2, 0) is 16.0 Å². The molecule has 2 heterocycles. The van der Waals surface area contributed by atoms with Crippen LogP contribution < -0.4 is 10.3 Å². The lowest BCUT2D eigenvalue weighted by atomic mass is 10.2. The maximum atomic E-state index is 13.2. The predicted molar refractivity (Wildman–Crippen MR) is 155 cm³/mol. The summed E-state index contributed by atoms with van der Waals surface area (Å²) in [7, 11) is 0. The molecule has 8 nitrogen and oxygen atoms in total. The van der Waals surface area contributed by atoms with Crippen molar-refractivity contribution in [3.05, 3.63) is 63.7 Å². The number of aromatic nitrogens is 2. The Morgan fingerprint density at radius 1 is 1.23 bits per heavy atom. The molecule has 184 valence electrons. The summed E-state index contributed by atoms with van der Waals surface area (Å²) in [4.78, 5) is 32.0. The smallest absolute Gasteiger partial charge is 0.282 e.